The molecule has 8 nitrogen and oxygen atoms in total. The van der Waals surface area contributed by atoms with Crippen LogP contribution in [0.4, 0.5) is 11.4 Å². The first-order chi connectivity index (χ1) is 12.5. The van der Waals surface area contributed by atoms with Crippen molar-refractivity contribution in [3.05, 3.63) is 53.0 Å². The van der Waals surface area contributed by atoms with E-state index in [0.717, 1.165) is 0 Å². The number of para-hydroxylation sites is 2. The van der Waals surface area contributed by atoms with Crippen molar-refractivity contribution in [2.24, 2.45) is 0 Å². The normalized spacial score (nSPS) is 15.9. The molecule has 2 heterocycles. The summed E-state index contributed by atoms with van der Waals surface area (Å²) in [5.74, 6) is -0.707. The van der Waals surface area contributed by atoms with Crippen LogP contribution < -0.4 is 21.1 Å². The highest BCUT2D eigenvalue weighted by atomic mass is 16.5. The van der Waals surface area contributed by atoms with Gasteiger partial charge in [-0.05, 0) is 37.3 Å². The van der Waals surface area contributed by atoms with E-state index >= 15 is 0 Å². The fourth-order valence-electron chi connectivity index (χ4n) is 2.79. The molecule has 2 amide bonds. The fraction of sp³-hybridized carbons (Fsp3) is 0.167. The van der Waals surface area contributed by atoms with Crippen LogP contribution in [0, 0.1) is 0 Å². The predicted octanol–water partition coefficient (Wildman–Crippen LogP) is 1.95. The maximum absolute atomic E-state index is 12.3. The minimum Gasteiger partial charge on any atom is -0.479 e. The van der Waals surface area contributed by atoms with Crippen LogP contribution >= 0.6 is 0 Å². The van der Waals surface area contributed by atoms with Gasteiger partial charge in [0.05, 0.1) is 11.2 Å². The highest BCUT2D eigenvalue weighted by molar-refractivity contribution is 5.99. The molecule has 0 aliphatic carbocycles. The topological polar surface area (TPSA) is 103 Å². The molecule has 132 valence electrons. The van der Waals surface area contributed by atoms with E-state index in [4.69, 9.17) is 9.15 Å². The summed E-state index contributed by atoms with van der Waals surface area (Å²) in [6.07, 6.45) is -0.566. The molecule has 1 aromatic heterocycles. The molecule has 0 unspecified atom stereocenters. The average Bonchev–Trinajstić information content (AvgIpc) is 2.92. The first kappa shape index (κ1) is 15.9. The third-order valence-electron chi connectivity index (χ3n) is 4.07. The zero-order chi connectivity index (χ0) is 18.3. The molecule has 1 aliphatic rings. The summed E-state index contributed by atoms with van der Waals surface area (Å²) in [7, 11) is 0. The lowest BCUT2D eigenvalue weighted by Gasteiger charge is -2.23. The summed E-state index contributed by atoms with van der Waals surface area (Å²) in [5, 5.41) is 5.42. The maximum atomic E-state index is 12.3. The molecule has 0 bridgehead atoms. The zero-order valence-electron chi connectivity index (χ0n) is 13.8. The van der Waals surface area contributed by atoms with Crippen molar-refractivity contribution >= 4 is 34.3 Å². The van der Waals surface area contributed by atoms with Crippen LogP contribution in [0.2, 0.25) is 0 Å². The standard InChI is InChI=1S/C18H15N3O5/c1-10-17(23)20-12-8-11(6-7-14(12)25-10)19-16(22)9-21-13-4-2-3-5-15(13)26-18(21)24/h2-8,10H,9H2,1H3,(H,19,22)(H,20,23)/t10-/m0/s1. The van der Waals surface area contributed by atoms with Gasteiger partial charge >= 0.3 is 5.76 Å². The number of hydrogen-bond donors (Lipinski definition) is 2. The minimum atomic E-state index is -0.596. The summed E-state index contributed by atoms with van der Waals surface area (Å²) in [4.78, 5) is 36.0. The number of oxazole rings is 1. The lowest BCUT2D eigenvalue weighted by atomic mass is 10.2. The molecule has 0 fully saturated rings. The molecule has 4 rings (SSSR count). The predicted molar refractivity (Wildman–Crippen MR) is 94.3 cm³/mol. The van der Waals surface area contributed by atoms with Crippen LogP contribution in [0.25, 0.3) is 11.1 Å². The number of anilines is 2. The van der Waals surface area contributed by atoms with E-state index in [-0.39, 0.29) is 12.5 Å². The van der Waals surface area contributed by atoms with Crippen molar-refractivity contribution in [1.82, 2.24) is 4.57 Å². The monoisotopic (exact) mass is 353 g/mol. The van der Waals surface area contributed by atoms with Crippen LogP contribution in [-0.2, 0) is 16.1 Å². The van der Waals surface area contributed by atoms with Crippen molar-refractivity contribution in [3.63, 3.8) is 0 Å². The number of carbonyl (C=O) groups is 2. The van der Waals surface area contributed by atoms with E-state index in [2.05, 4.69) is 10.6 Å². The third kappa shape index (κ3) is 2.81. The number of aromatic nitrogens is 1. The van der Waals surface area contributed by atoms with Gasteiger partial charge < -0.3 is 19.8 Å². The number of carbonyl (C=O) groups excluding carboxylic acids is 2. The molecule has 0 saturated heterocycles. The largest absolute Gasteiger partial charge is 0.479 e. The van der Waals surface area contributed by atoms with Crippen LogP contribution in [0.3, 0.4) is 0 Å². The minimum absolute atomic E-state index is 0.188. The van der Waals surface area contributed by atoms with Gasteiger partial charge in [0.2, 0.25) is 5.91 Å². The van der Waals surface area contributed by atoms with Gasteiger partial charge in [0.1, 0.15) is 12.3 Å². The van der Waals surface area contributed by atoms with E-state index in [1.54, 1.807) is 49.4 Å². The Labute approximate surface area is 147 Å². The number of rotatable bonds is 3. The van der Waals surface area contributed by atoms with Gasteiger partial charge in [0, 0.05) is 5.69 Å². The lowest BCUT2D eigenvalue weighted by molar-refractivity contribution is -0.122. The first-order valence-corrected chi connectivity index (χ1v) is 8.01. The Morgan fingerprint density at radius 2 is 2.04 bits per heavy atom. The lowest BCUT2D eigenvalue weighted by Crippen LogP contribution is -2.34. The van der Waals surface area contributed by atoms with E-state index in [0.29, 0.717) is 28.2 Å². The fourth-order valence-corrected chi connectivity index (χ4v) is 2.79. The Bertz CT molecular complexity index is 1080. The van der Waals surface area contributed by atoms with E-state index in [9.17, 15) is 14.4 Å². The first-order valence-electron chi connectivity index (χ1n) is 8.01. The second-order valence-electron chi connectivity index (χ2n) is 5.93. The number of nitrogens with one attached hydrogen (secondary N) is 2. The number of amides is 2. The molecule has 3 aromatic rings. The summed E-state index contributed by atoms with van der Waals surface area (Å²) >= 11 is 0. The number of fused-ring (bicyclic) bond motifs is 2. The van der Waals surface area contributed by atoms with Crippen molar-refractivity contribution < 1.29 is 18.7 Å². The SMILES string of the molecule is C[C@@H]1Oc2ccc(NC(=O)Cn3c(=O)oc4ccccc43)cc2NC1=O. The molecule has 1 atom stereocenters. The highest BCUT2D eigenvalue weighted by Crippen LogP contribution is 2.32. The van der Waals surface area contributed by atoms with Crippen molar-refractivity contribution in [2.45, 2.75) is 19.6 Å². The summed E-state index contributed by atoms with van der Waals surface area (Å²) < 4.78 is 11.8. The quantitative estimate of drug-likeness (QED) is 0.749. The van der Waals surface area contributed by atoms with Crippen molar-refractivity contribution in [1.29, 1.82) is 0 Å². The van der Waals surface area contributed by atoms with Crippen LogP contribution in [-0.4, -0.2) is 22.5 Å². The van der Waals surface area contributed by atoms with Crippen LogP contribution in [0.1, 0.15) is 6.92 Å². The Kier molecular flexibility index (Phi) is 3.72. The third-order valence-corrected chi connectivity index (χ3v) is 4.07. The molecule has 1 aliphatic heterocycles. The van der Waals surface area contributed by atoms with Gasteiger partial charge in [-0.25, -0.2) is 4.79 Å². The maximum Gasteiger partial charge on any atom is 0.420 e. The van der Waals surface area contributed by atoms with Crippen molar-refractivity contribution in [2.75, 3.05) is 10.6 Å². The number of ether oxygens (including phenoxy) is 1. The molecule has 0 spiro atoms. The highest BCUT2D eigenvalue weighted by Gasteiger charge is 2.23. The zero-order valence-corrected chi connectivity index (χ0v) is 13.8. The second-order valence-corrected chi connectivity index (χ2v) is 5.93. The van der Waals surface area contributed by atoms with Crippen molar-refractivity contribution in [3.8, 4) is 5.75 Å². The van der Waals surface area contributed by atoms with Gasteiger partial charge in [-0.1, -0.05) is 12.1 Å². The molecular formula is C18H15N3O5. The van der Waals surface area contributed by atoms with E-state index < -0.39 is 17.8 Å². The van der Waals surface area contributed by atoms with Crippen LogP contribution in [0.15, 0.2) is 51.7 Å². The van der Waals surface area contributed by atoms with E-state index in [1.807, 2.05) is 0 Å². The van der Waals surface area contributed by atoms with E-state index in [1.165, 1.54) is 4.57 Å². The second kappa shape index (κ2) is 6.07. The number of benzene rings is 2. The van der Waals surface area contributed by atoms with Gasteiger partial charge in [-0.2, -0.15) is 0 Å². The summed E-state index contributed by atoms with van der Waals surface area (Å²) in [6, 6.07) is 11.8. The molecular weight excluding hydrogens is 338 g/mol. The molecule has 2 aromatic carbocycles. The Balaban J connectivity index is 1.54. The van der Waals surface area contributed by atoms with Gasteiger partial charge in [0.25, 0.3) is 5.91 Å². The molecule has 2 N–H and O–H groups in total. The molecule has 0 saturated carbocycles. The molecule has 26 heavy (non-hydrogen) atoms. The van der Waals surface area contributed by atoms with Gasteiger partial charge in [0.15, 0.2) is 11.7 Å². The summed E-state index contributed by atoms with van der Waals surface area (Å²) in [6.45, 7) is 1.47. The summed E-state index contributed by atoms with van der Waals surface area (Å²) in [5.41, 5.74) is 1.94. The Morgan fingerprint density at radius 1 is 1.23 bits per heavy atom. The number of hydrogen-bond acceptors (Lipinski definition) is 5. The number of nitrogens with zero attached hydrogens (tertiary/aromatic N) is 1. The molecule has 0 radical (unpaired) electrons. The Hall–Kier alpha value is -3.55. The smallest absolute Gasteiger partial charge is 0.420 e. The average molecular weight is 353 g/mol. The van der Waals surface area contributed by atoms with Gasteiger partial charge in [-0.3, -0.25) is 14.2 Å². The Morgan fingerprint density at radius 3 is 2.88 bits per heavy atom. The molecule has 8 heteroatoms. The van der Waals surface area contributed by atoms with Crippen LogP contribution in [0.5, 0.6) is 5.75 Å². The van der Waals surface area contributed by atoms with Gasteiger partial charge in [-0.15, -0.1) is 0 Å².